The summed E-state index contributed by atoms with van der Waals surface area (Å²) in [5.41, 5.74) is 4.04. The van der Waals surface area contributed by atoms with Crippen LogP contribution in [0.3, 0.4) is 0 Å². The quantitative estimate of drug-likeness (QED) is 0.865. The molecule has 4 rings (SSSR count). The lowest BCUT2D eigenvalue weighted by atomic mass is 10.1. The molecule has 21 heavy (non-hydrogen) atoms. The molecule has 0 spiro atoms. The molecule has 1 N–H and O–H groups in total. The largest absolute Gasteiger partial charge is 0.338 e. The second-order valence-electron chi connectivity index (χ2n) is 5.00. The van der Waals surface area contributed by atoms with E-state index in [0.29, 0.717) is 5.84 Å². The summed E-state index contributed by atoms with van der Waals surface area (Å²) >= 11 is 1.74. The maximum atomic E-state index is 7.98. The van der Waals surface area contributed by atoms with Gasteiger partial charge < -0.3 is 4.90 Å². The number of aliphatic imine (C=N–C) groups is 1. The zero-order valence-corrected chi connectivity index (χ0v) is 12.3. The molecule has 0 radical (unpaired) electrons. The predicted octanol–water partition coefficient (Wildman–Crippen LogP) is 3.90. The lowest BCUT2D eigenvalue weighted by molar-refractivity contribution is 1.18. The Morgan fingerprint density at radius 1 is 1.05 bits per heavy atom. The Kier molecular flexibility index (Phi) is 2.72. The van der Waals surface area contributed by atoms with Gasteiger partial charge in [-0.2, -0.15) is 0 Å². The number of allylic oxidation sites excluding steroid dienone is 1. The molecule has 3 nitrogen and oxygen atoms in total. The molecule has 0 unspecified atom stereocenters. The highest BCUT2D eigenvalue weighted by atomic mass is 32.2. The Balaban J connectivity index is 1.75. The Morgan fingerprint density at radius 2 is 1.76 bits per heavy atom. The molecular weight excluding hydrogens is 278 g/mol. The first-order chi connectivity index (χ1) is 10.2. The number of rotatable bonds is 1. The smallest absolute Gasteiger partial charge is 0.153 e. The van der Waals surface area contributed by atoms with Crippen LogP contribution in [-0.4, -0.2) is 18.6 Å². The van der Waals surface area contributed by atoms with Crippen molar-refractivity contribution < 1.29 is 0 Å². The highest BCUT2D eigenvalue weighted by Crippen LogP contribution is 2.44. The molecule has 0 saturated heterocycles. The minimum absolute atomic E-state index is 0.348. The molecule has 2 aliphatic heterocycles. The van der Waals surface area contributed by atoms with Gasteiger partial charge in [0.05, 0.1) is 16.4 Å². The van der Waals surface area contributed by atoms with E-state index in [0.717, 1.165) is 21.9 Å². The van der Waals surface area contributed by atoms with Crippen molar-refractivity contribution in [2.45, 2.75) is 4.90 Å². The normalized spacial score (nSPS) is 18.0. The summed E-state index contributed by atoms with van der Waals surface area (Å²) in [7, 11) is 2.07. The number of amidine groups is 1. The lowest BCUT2D eigenvalue weighted by Gasteiger charge is -2.13. The van der Waals surface area contributed by atoms with Crippen LogP contribution in [0.5, 0.6) is 0 Å². The van der Waals surface area contributed by atoms with Crippen LogP contribution >= 0.6 is 11.8 Å². The van der Waals surface area contributed by atoms with Gasteiger partial charge in [0.15, 0.2) is 5.84 Å². The minimum atomic E-state index is 0.348. The van der Waals surface area contributed by atoms with E-state index in [9.17, 15) is 0 Å². The number of fused-ring (bicyclic) bond motifs is 2. The summed E-state index contributed by atoms with van der Waals surface area (Å²) in [4.78, 5) is 7.83. The second kappa shape index (κ2) is 4.60. The van der Waals surface area contributed by atoms with Crippen LogP contribution in [-0.2, 0) is 0 Å². The molecule has 2 aromatic carbocycles. The van der Waals surface area contributed by atoms with Gasteiger partial charge in [-0.15, -0.1) is 0 Å². The number of nitrogens with zero attached hydrogens (tertiary/aromatic N) is 2. The Morgan fingerprint density at radius 3 is 2.57 bits per heavy atom. The van der Waals surface area contributed by atoms with E-state index < -0.39 is 0 Å². The third-order valence-electron chi connectivity index (χ3n) is 3.72. The van der Waals surface area contributed by atoms with Crippen LogP contribution in [0, 0.1) is 5.41 Å². The summed E-state index contributed by atoms with van der Waals surface area (Å²) < 4.78 is 0. The number of nitrogens with one attached hydrogen (secondary N) is 1. The van der Waals surface area contributed by atoms with E-state index >= 15 is 0 Å². The minimum Gasteiger partial charge on any atom is -0.338 e. The van der Waals surface area contributed by atoms with Crippen molar-refractivity contribution in [1.82, 2.24) is 0 Å². The van der Waals surface area contributed by atoms with E-state index in [1.165, 1.54) is 10.6 Å². The van der Waals surface area contributed by atoms with E-state index in [1.54, 1.807) is 11.8 Å². The summed E-state index contributed by atoms with van der Waals surface area (Å²) in [6.45, 7) is 0. The first kappa shape index (κ1) is 12.4. The van der Waals surface area contributed by atoms with Gasteiger partial charge in [0, 0.05) is 23.1 Å². The molecule has 0 atom stereocenters. The van der Waals surface area contributed by atoms with Crippen LogP contribution in [0.1, 0.15) is 11.1 Å². The highest BCUT2D eigenvalue weighted by molar-refractivity contribution is 8.03. The van der Waals surface area contributed by atoms with Crippen molar-refractivity contribution in [2.24, 2.45) is 4.99 Å². The molecule has 0 fully saturated rings. The third kappa shape index (κ3) is 1.91. The number of anilines is 1. The number of para-hydroxylation sites is 1. The Labute approximate surface area is 127 Å². The highest BCUT2D eigenvalue weighted by Gasteiger charge is 2.24. The summed E-state index contributed by atoms with van der Waals surface area (Å²) in [5, 5.41) is 9.12. The average Bonchev–Trinajstić information content (AvgIpc) is 2.99. The third-order valence-corrected chi connectivity index (χ3v) is 4.89. The van der Waals surface area contributed by atoms with Crippen molar-refractivity contribution in [2.75, 3.05) is 11.9 Å². The monoisotopic (exact) mass is 291 g/mol. The topological polar surface area (TPSA) is 39.5 Å². The average molecular weight is 291 g/mol. The molecule has 0 bridgehead atoms. The molecule has 2 aliphatic rings. The summed E-state index contributed by atoms with van der Waals surface area (Å²) in [5.74, 6) is 0.348. The number of benzene rings is 2. The maximum absolute atomic E-state index is 7.98. The van der Waals surface area contributed by atoms with Crippen LogP contribution < -0.4 is 4.90 Å². The van der Waals surface area contributed by atoms with Crippen LogP contribution in [0.2, 0.25) is 0 Å². The van der Waals surface area contributed by atoms with Gasteiger partial charge in [0.25, 0.3) is 0 Å². The molecule has 102 valence electrons. The maximum Gasteiger partial charge on any atom is 0.153 e. The molecule has 0 amide bonds. The lowest BCUT2D eigenvalue weighted by Crippen LogP contribution is -2.11. The van der Waals surface area contributed by atoms with E-state index in [4.69, 9.17) is 5.41 Å². The Hall–Kier alpha value is -2.33. The van der Waals surface area contributed by atoms with Gasteiger partial charge in [0.1, 0.15) is 0 Å². The second-order valence-corrected chi connectivity index (χ2v) is 6.06. The van der Waals surface area contributed by atoms with Crippen molar-refractivity contribution in [3.63, 3.8) is 0 Å². The fourth-order valence-electron chi connectivity index (χ4n) is 2.63. The zero-order chi connectivity index (χ0) is 14.4. The number of hydrogen-bond donors (Lipinski definition) is 1. The van der Waals surface area contributed by atoms with Crippen LogP contribution in [0.15, 0.2) is 69.5 Å². The van der Waals surface area contributed by atoms with E-state index in [1.807, 2.05) is 24.3 Å². The standard InChI is InChI=1S/C17H13N3S/c1-20-14-8-4-5-9-15(14)21-16(20)10-13-11-6-2-3-7-12(11)17(18)19-13/h2-10,18H,1H3/b16-10-,18-17?. The number of thioether (sulfide) groups is 1. The van der Waals surface area contributed by atoms with Crippen molar-refractivity contribution >= 4 is 29.0 Å². The van der Waals surface area contributed by atoms with Gasteiger partial charge in [-0.1, -0.05) is 48.2 Å². The van der Waals surface area contributed by atoms with Gasteiger partial charge in [-0.05, 0) is 18.2 Å². The molecule has 0 aromatic heterocycles. The summed E-state index contributed by atoms with van der Waals surface area (Å²) in [6.07, 6.45) is 2.07. The zero-order valence-electron chi connectivity index (χ0n) is 11.5. The Bertz CT molecular complexity index is 820. The van der Waals surface area contributed by atoms with E-state index in [-0.39, 0.29) is 0 Å². The van der Waals surface area contributed by atoms with Gasteiger partial charge in [0.2, 0.25) is 0 Å². The van der Waals surface area contributed by atoms with Crippen molar-refractivity contribution in [3.05, 3.63) is 70.8 Å². The first-order valence-electron chi connectivity index (χ1n) is 6.73. The first-order valence-corrected chi connectivity index (χ1v) is 7.55. The molecule has 0 saturated carbocycles. The molecule has 2 heterocycles. The SMILES string of the molecule is CN1/C(=C/C2=NC(=N)c3ccccc32)Sc2ccccc21. The fourth-order valence-corrected chi connectivity index (χ4v) is 3.71. The van der Waals surface area contributed by atoms with Crippen LogP contribution in [0.4, 0.5) is 5.69 Å². The van der Waals surface area contributed by atoms with Gasteiger partial charge in [-0.3, -0.25) is 5.41 Å². The van der Waals surface area contributed by atoms with Crippen LogP contribution in [0.25, 0.3) is 0 Å². The molecule has 0 aliphatic carbocycles. The van der Waals surface area contributed by atoms with Gasteiger partial charge in [-0.25, -0.2) is 4.99 Å². The fraction of sp³-hybridized carbons (Fsp3) is 0.0588. The summed E-state index contributed by atoms with van der Waals surface area (Å²) in [6, 6.07) is 16.3. The molecular formula is C17H13N3S. The predicted molar refractivity (Wildman–Crippen MR) is 88.6 cm³/mol. The molecule has 2 aromatic rings. The van der Waals surface area contributed by atoms with Crippen molar-refractivity contribution in [3.8, 4) is 0 Å². The molecule has 4 heteroatoms. The van der Waals surface area contributed by atoms with Gasteiger partial charge >= 0.3 is 0 Å². The van der Waals surface area contributed by atoms with Crippen molar-refractivity contribution in [1.29, 1.82) is 5.41 Å². The number of hydrogen-bond acceptors (Lipinski definition) is 3. The van der Waals surface area contributed by atoms with E-state index in [2.05, 4.69) is 47.3 Å².